The number of hydrogen-bond donors (Lipinski definition) is 2. The van der Waals surface area contributed by atoms with Gasteiger partial charge < -0.3 is 15.5 Å². The number of nitrogens with zero attached hydrogens (tertiary/aromatic N) is 1. The summed E-state index contributed by atoms with van der Waals surface area (Å²) in [6.45, 7) is 1.75. The summed E-state index contributed by atoms with van der Waals surface area (Å²) in [5, 5.41) is 5.20. The lowest BCUT2D eigenvalue weighted by atomic mass is 9.83. The zero-order chi connectivity index (χ0) is 15.0. The summed E-state index contributed by atoms with van der Waals surface area (Å²) in [4.78, 5) is 25.3. The molecule has 2 N–H and O–H groups in total. The highest BCUT2D eigenvalue weighted by molar-refractivity contribution is 5.92. The minimum absolute atomic E-state index is 0.126. The maximum Gasteiger partial charge on any atom is 0.404 e. The fourth-order valence-corrected chi connectivity index (χ4v) is 2.88. The van der Waals surface area contributed by atoms with E-state index in [-0.39, 0.29) is 32.0 Å². The van der Waals surface area contributed by atoms with Gasteiger partial charge in [-0.15, -0.1) is 0 Å². The number of alkyl halides is 3. The summed E-state index contributed by atoms with van der Waals surface area (Å²) in [5.74, 6) is -1.35. The summed E-state index contributed by atoms with van der Waals surface area (Å²) < 4.78 is 40.1. The first-order valence-corrected chi connectivity index (χ1v) is 6.70. The molecule has 0 aromatic rings. The van der Waals surface area contributed by atoms with Gasteiger partial charge in [-0.1, -0.05) is 6.92 Å². The third-order valence-electron chi connectivity index (χ3n) is 4.09. The van der Waals surface area contributed by atoms with Crippen LogP contribution in [0, 0.1) is 5.41 Å². The largest absolute Gasteiger partial charge is 0.404 e. The van der Waals surface area contributed by atoms with Crippen LogP contribution < -0.4 is 10.6 Å². The Morgan fingerprint density at radius 3 is 2.65 bits per heavy atom. The predicted molar refractivity (Wildman–Crippen MR) is 64.8 cm³/mol. The van der Waals surface area contributed by atoms with Crippen LogP contribution in [0.3, 0.4) is 0 Å². The fourth-order valence-electron chi connectivity index (χ4n) is 2.88. The van der Waals surface area contributed by atoms with Crippen LogP contribution in [0.15, 0.2) is 0 Å². The smallest absolute Gasteiger partial charge is 0.353 e. The molecule has 0 saturated carbocycles. The first kappa shape index (κ1) is 15.1. The summed E-state index contributed by atoms with van der Waals surface area (Å²) in [6, 6.07) is -0.809. The minimum Gasteiger partial charge on any atom is -0.353 e. The van der Waals surface area contributed by atoms with Crippen LogP contribution in [0.1, 0.15) is 19.8 Å². The lowest BCUT2D eigenvalue weighted by Gasteiger charge is -2.40. The number of halogens is 3. The number of hydrogen-bond acceptors (Lipinski definition) is 3. The second-order valence-corrected chi connectivity index (χ2v) is 5.22. The molecule has 0 bridgehead atoms. The molecule has 8 heteroatoms. The van der Waals surface area contributed by atoms with Crippen LogP contribution in [0.25, 0.3) is 0 Å². The molecule has 20 heavy (non-hydrogen) atoms. The van der Waals surface area contributed by atoms with Crippen LogP contribution >= 0.6 is 0 Å². The van der Waals surface area contributed by atoms with E-state index in [9.17, 15) is 22.8 Å². The number of rotatable bonds is 2. The van der Waals surface area contributed by atoms with Crippen LogP contribution in [-0.2, 0) is 9.59 Å². The SMILES string of the molecule is CCC1C(=O)NCCN1C(=O)C1(C(F)(F)F)CCNC1. The zero-order valence-corrected chi connectivity index (χ0v) is 11.2. The van der Waals surface area contributed by atoms with Crippen molar-refractivity contribution in [2.24, 2.45) is 5.41 Å². The Morgan fingerprint density at radius 2 is 2.15 bits per heavy atom. The molecule has 2 rings (SSSR count). The van der Waals surface area contributed by atoms with E-state index in [1.54, 1.807) is 6.92 Å². The van der Waals surface area contributed by atoms with E-state index < -0.39 is 30.1 Å². The maximum atomic E-state index is 13.4. The summed E-state index contributed by atoms with van der Waals surface area (Å²) in [5.41, 5.74) is -2.39. The topological polar surface area (TPSA) is 61.4 Å². The number of amides is 2. The number of carbonyl (C=O) groups excluding carboxylic acids is 2. The van der Waals surface area contributed by atoms with Crippen LogP contribution in [0.4, 0.5) is 13.2 Å². The number of piperazine rings is 1. The van der Waals surface area contributed by atoms with E-state index in [0.717, 1.165) is 4.90 Å². The van der Waals surface area contributed by atoms with E-state index in [0.29, 0.717) is 6.42 Å². The van der Waals surface area contributed by atoms with Gasteiger partial charge in [-0.25, -0.2) is 0 Å². The van der Waals surface area contributed by atoms with Crippen molar-refractivity contribution in [1.29, 1.82) is 0 Å². The van der Waals surface area contributed by atoms with Crippen molar-refractivity contribution in [3.05, 3.63) is 0 Å². The molecule has 2 unspecified atom stereocenters. The lowest BCUT2D eigenvalue weighted by molar-refractivity contribution is -0.223. The highest BCUT2D eigenvalue weighted by Crippen LogP contribution is 2.44. The van der Waals surface area contributed by atoms with E-state index in [1.165, 1.54) is 0 Å². The highest BCUT2D eigenvalue weighted by Gasteiger charge is 2.63. The molecule has 2 amide bonds. The Balaban J connectivity index is 2.30. The van der Waals surface area contributed by atoms with E-state index in [2.05, 4.69) is 10.6 Å². The molecule has 2 heterocycles. The van der Waals surface area contributed by atoms with Gasteiger partial charge in [0.2, 0.25) is 11.8 Å². The van der Waals surface area contributed by atoms with Crippen molar-refractivity contribution in [2.45, 2.75) is 32.0 Å². The molecule has 0 spiro atoms. The molecule has 2 atom stereocenters. The Kier molecular flexibility index (Phi) is 3.95. The Labute approximate surface area is 114 Å². The summed E-state index contributed by atoms with van der Waals surface area (Å²) in [7, 11) is 0. The van der Waals surface area contributed by atoms with Gasteiger partial charge in [0.15, 0.2) is 5.41 Å². The normalized spacial score (nSPS) is 31.3. The van der Waals surface area contributed by atoms with E-state index >= 15 is 0 Å². The van der Waals surface area contributed by atoms with Crippen molar-refractivity contribution in [2.75, 3.05) is 26.2 Å². The molecule has 2 fully saturated rings. The molecule has 2 aliphatic heterocycles. The van der Waals surface area contributed by atoms with Crippen molar-refractivity contribution in [3.8, 4) is 0 Å². The Hall–Kier alpha value is -1.31. The van der Waals surface area contributed by atoms with Crippen molar-refractivity contribution in [1.82, 2.24) is 15.5 Å². The third kappa shape index (κ3) is 2.25. The van der Waals surface area contributed by atoms with E-state index in [1.807, 2.05) is 0 Å². The molecule has 2 aliphatic rings. The zero-order valence-electron chi connectivity index (χ0n) is 11.2. The number of carbonyl (C=O) groups is 2. The average molecular weight is 293 g/mol. The highest BCUT2D eigenvalue weighted by atomic mass is 19.4. The molecule has 2 saturated heterocycles. The van der Waals surface area contributed by atoms with Gasteiger partial charge in [-0.3, -0.25) is 9.59 Å². The monoisotopic (exact) mass is 293 g/mol. The van der Waals surface area contributed by atoms with Gasteiger partial charge >= 0.3 is 6.18 Å². The van der Waals surface area contributed by atoms with Gasteiger partial charge in [0.05, 0.1) is 0 Å². The van der Waals surface area contributed by atoms with Crippen LogP contribution in [0.5, 0.6) is 0 Å². The first-order chi connectivity index (χ1) is 9.33. The predicted octanol–water partition coefficient (Wildman–Crippen LogP) is 0.265. The molecule has 0 aliphatic carbocycles. The second kappa shape index (κ2) is 5.23. The molecule has 114 valence electrons. The standard InChI is InChI=1S/C12H18F3N3O2/c1-2-8-9(19)17-5-6-18(8)10(20)11(12(13,14)15)3-4-16-7-11/h8,16H,2-7H2,1H3,(H,17,19). The molecule has 0 aromatic carbocycles. The minimum atomic E-state index is -4.61. The third-order valence-corrected chi connectivity index (χ3v) is 4.09. The van der Waals surface area contributed by atoms with Crippen LogP contribution in [0.2, 0.25) is 0 Å². The second-order valence-electron chi connectivity index (χ2n) is 5.22. The molecule has 5 nitrogen and oxygen atoms in total. The van der Waals surface area contributed by atoms with Crippen LogP contribution in [-0.4, -0.2) is 55.1 Å². The van der Waals surface area contributed by atoms with Crippen molar-refractivity contribution >= 4 is 11.8 Å². The molecular formula is C12H18F3N3O2. The quantitative estimate of drug-likeness (QED) is 0.768. The summed E-state index contributed by atoms with van der Waals surface area (Å²) in [6.07, 6.45) is -4.58. The lowest BCUT2D eigenvalue weighted by Crippen LogP contribution is -2.63. The van der Waals surface area contributed by atoms with Gasteiger partial charge in [0.1, 0.15) is 6.04 Å². The fraction of sp³-hybridized carbons (Fsp3) is 0.833. The number of nitrogens with one attached hydrogen (secondary N) is 2. The summed E-state index contributed by atoms with van der Waals surface area (Å²) >= 11 is 0. The molecule has 0 aromatic heterocycles. The van der Waals surface area contributed by atoms with Gasteiger partial charge in [0.25, 0.3) is 0 Å². The maximum absolute atomic E-state index is 13.4. The van der Waals surface area contributed by atoms with Gasteiger partial charge in [0, 0.05) is 19.6 Å². The van der Waals surface area contributed by atoms with E-state index in [4.69, 9.17) is 0 Å². The van der Waals surface area contributed by atoms with Gasteiger partial charge in [-0.05, 0) is 19.4 Å². The Bertz CT molecular complexity index is 405. The Morgan fingerprint density at radius 1 is 1.45 bits per heavy atom. The van der Waals surface area contributed by atoms with Crippen molar-refractivity contribution in [3.63, 3.8) is 0 Å². The van der Waals surface area contributed by atoms with Crippen molar-refractivity contribution < 1.29 is 22.8 Å². The average Bonchev–Trinajstić information content (AvgIpc) is 2.87. The first-order valence-electron chi connectivity index (χ1n) is 6.70. The molecular weight excluding hydrogens is 275 g/mol. The molecule has 0 radical (unpaired) electrons. The van der Waals surface area contributed by atoms with Gasteiger partial charge in [-0.2, -0.15) is 13.2 Å².